The first-order valence-corrected chi connectivity index (χ1v) is 7.39. The van der Waals surface area contributed by atoms with Gasteiger partial charge in [-0.3, -0.25) is 0 Å². The summed E-state index contributed by atoms with van der Waals surface area (Å²) in [4.78, 5) is 0. The average molecular weight is 249 g/mol. The largest absolute Gasteiger partial charge is 0.196 e. The second kappa shape index (κ2) is 6.87. The van der Waals surface area contributed by atoms with Gasteiger partial charge < -0.3 is 0 Å². The Labute approximate surface area is 112 Å². The van der Waals surface area contributed by atoms with Gasteiger partial charge in [0, 0.05) is 0 Å². The summed E-state index contributed by atoms with van der Waals surface area (Å²) in [6, 6.07) is 2.33. The summed E-state index contributed by atoms with van der Waals surface area (Å²) >= 11 is 0. The molecular weight excluding hydrogens is 222 g/mol. The van der Waals surface area contributed by atoms with Gasteiger partial charge in [0.25, 0.3) is 0 Å². The molecule has 0 heterocycles. The Hall–Kier alpha value is -0.910. The first-order valence-electron chi connectivity index (χ1n) is 7.39. The van der Waals surface area contributed by atoms with Crippen LogP contribution in [0.15, 0.2) is 10.2 Å². The van der Waals surface area contributed by atoms with Gasteiger partial charge in [0.15, 0.2) is 5.54 Å². The number of azo groups is 1. The van der Waals surface area contributed by atoms with Crippen LogP contribution in [-0.4, -0.2) is 11.1 Å². The molecule has 18 heavy (non-hydrogen) atoms. The van der Waals surface area contributed by atoms with Crippen molar-refractivity contribution >= 4 is 0 Å². The van der Waals surface area contributed by atoms with E-state index in [9.17, 15) is 5.26 Å². The fourth-order valence-electron chi connectivity index (χ4n) is 2.49. The lowest BCUT2D eigenvalue weighted by Gasteiger charge is -2.29. The molecule has 0 aromatic carbocycles. The van der Waals surface area contributed by atoms with Crippen molar-refractivity contribution in [2.75, 3.05) is 0 Å². The summed E-state index contributed by atoms with van der Waals surface area (Å²) in [5, 5.41) is 18.2. The van der Waals surface area contributed by atoms with Gasteiger partial charge in [-0.05, 0) is 39.5 Å². The van der Waals surface area contributed by atoms with E-state index in [-0.39, 0.29) is 5.54 Å². The number of unbranched alkanes of at least 4 members (excludes halogenated alkanes) is 2. The van der Waals surface area contributed by atoms with Crippen LogP contribution in [0.2, 0.25) is 0 Å². The van der Waals surface area contributed by atoms with E-state index in [0.29, 0.717) is 0 Å². The summed E-state index contributed by atoms with van der Waals surface area (Å²) in [6.07, 6.45) is 10.3. The van der Waals surface area contributed by atoms with Crippen molar-refractivity contribution in [1.82, 2.24) is 0 Å². The lowest BCUT2D eigenvalue weighted by molar-refractivity contribution is 0.299. The summed E-state index contributed by atoms with van der Waals surface area (Å²) in [5.41, 5.74) is -0.628. The van der Waals surface area contributed by atoms with Crippen LogP contribution in [0, 0.1) is 11.3 Å². The number of rotatable bonds is 6. The van der Waals surface area contributed by atoms with E-state index < -0.39 is 5.54 Å². The van der Waals surface area contributed by atoms with E-state index in [1.165, 1.54) is 32.1 Å². The second-order valence-electron chi connectivity index (χ2n) is 6.10. The zero-order valence-corrected chi connectivity index (χ0v) is 12.2. The summed E-state index contributed by atoms with van der Waals surface area (Å²) in [5.74, 6) is 0. The Kier molecular flexibility index (Phi) is 5.78. The molecule has 0 aromatic rings. The van der Waals surface area contributed by atoms with Crippen LogP contribution >= 0.6 is 0 Å². The highest BCUT2D eigenvalue weighted by Gasteiger charge is 2.29. The monoisotopic (exact) mass is 249 g/mol. The van der Waals surface area contributed by atoms with Crippen LogP contribution in [0.1, 0.15) is 78.6 Å². The van der Waals surface area contributed by atoms with E-state index >= 15 is 0 Å². The highest BCUT2D eigenvalue weighted by Crippen LogP contribution is 2.32. The predicted octanol–water partition coefficient (Wildman–Crippen LogP) is 5.02. The van der Waals surface area contributed by atoms with Gasteiger partial charge in [0.05, 0.1) is 11.6 Å². The normalized spacial score (nSPS) is 22.6. The number of nitriles is 1. The first kappa shape index (κ1) is 15.1. The van der Waals surface area contributed by atoms with Crippen molar-refractivity contribution in [3.05, 3.63) is 0 Å². The van der Waals surface area contributed by atoms with Crippen LogP contribution in [0.25, 0.3) is 0 Å². The molecule has 0 radical (unpaired) electrons. The predicted molar refractivity (Wildman–Crippen MR) is 74.5 cm³/mol. The Morgan fingerprint density at radius 2 is 1.89 bits per heavy atom. The molecular formula is C15H27N3. The van der Waals surface area contributed by atoms with Crippen molar-refractivity contribution in [3.63, 3.8) is 0 Å². The van der Waals surface area contributed by atoms with Gasteiger partial charge in [-0.25, -0.2) is 0 Å². The highest BCUT2D eigenvalue weighted by molar-refractivity contribution is 5.03. The van der Waals surface area contributed by atoms with Crippen LogP contribution in [0.5, 0.6) is 0 Å². The Morgan fingerprint density at radius 1 is 1.22 bits per heavy atom. The van der Waals surface area contributed by atoms with Gasteiger partial charge in [-0.2, -0.15) is 15.5 Å². The van der Waals surface area contributed by atoms with Gasteiger partial charge >= 0.3 is 0 Å². The topological polar surface area (TPSA) is 48.5 Å². The quantitative estimate of drug-likeness (QED) is 0.481. The lowest BCUT2D eigenvalue weighted by atomic mass is 9.84. The van der Waals surface area contributed by atoms with E-state index in [4.69, 9.17) is 0 Å². The zero-order valence-electron chi connectivity index (χ0n) is 12.2. The standard InChI is InChI=1S/C15H27N3/c1-4-5-7-12-15(3,13-16)18-17-14(2)10-8-6-9-11-14/h4-12H2,1-3H3. The molecule has 1 saturated carbocycles. The lowest BCUT2D eigenvalue weighted by Crippen LogP contribution is -2.27. The third-order valence-electron chi connectivity index (χ3n) is 3.95. The van der Waals surface area contributed by atoms with Crippen LogP contribution in [0.4, 0.5) is 0 Å². The molecule has 1 aliphatic rings. The molecule has 1 fully saturated rings. The van der Waals surface area contributed by atoms with Crippen LogP contribution in [0.3, 0.4) is 0 Å². The maximum atomic E-state index is 9.29. The van der Waals surface area contributed by atoms with Crippen LogP contribution < -0.4 is 0 Å². The summed E-state index contributed by atoms with van der Waals surface area (Å²) in [7, 11) is 0. The van der Waals surface area contributed by atoms with E-state index in [0.717, 1.165) is 25.7 Å². The smallest absolute Gasteiger partial charge is 0.164 e. The van der Waals surface area contributed by atoms with Crippen molar-refractivity contribution < 1.29 is 0 Å². The molecule has 0 bridgehead atoms. The SMILES string of the molecule is CCCCCC(C)(C#N)N=NC1(C)CCCCC1. The van der Waals surface area contributed by atoms with Gasteiger partial charge in [-0.15, -0.1) is 0 Å². The Bertz CT molecular complexity index is 310. The molecule has 0 aromatic heterocycles. The van der Waals surface area contributed by atoms with Crippen molar-refractivity contribution in [3.8, 4) is 6.07 Å². The molecule has 3 nitrogen and oxygen atoms in total. The Morgan fingerprint density at radius 3 is 2.44 bits per heavy atom. The number of hydrogen-bond donors (Lipinski definition) is 0. The summed E-state index contributed by atoms with van der Waals surface area (Å²) in [6.45, 7) is 6.27. The molecule has 1 unspecified atom stereocenters. The molecule has 0 amide bonds. The van der Waals surface area contributed by atoms with Crippen molar-refractivity contribution in [1.29, 1.82) is 5.26 Å². The number of hydrogen-bond acceptors (Lipinski definition) is 3. The molecule has 1 atom stereocenters. The summed E-state index contributed by atoms with van der Waals surface area (Å²) < 4.78 is 0. The molecule has 0 saturated heterocycles. The van der Waals surface area contributed by atoms with Gasteiger partial charge in [0.1, 0.15) is 0 Å². The third kappa shape index (κ3) is 4.76. The maximum absolute atomic E-state index is 9.29. The molecule has 0 N–H and O–H groups in total. The second-order valence-corrected chi connectivity index (χ2v) is 6.10. The first-order chi connectivity index (χ1) is 8.54. The highest BCUT2D eigenvalue weighted by atomic mass is 15.2. The minimum Gasteiger partial charge on any atom is -0.196 e. The van der Waals surface area contributed by atoms with Gasteiger partial charge in [-0.1, -0.05) is 39.0 Å². The van der Waals surface area contributed by atoms with E-state index in [2.05, 4.69) is 30.1 Å². The number of nitrogens with zero attached hydrogens (tertiary/aromatic N) is 3. The van der Waals surface area contributed by atoms with E-state index in [1.54, 1.807) is 0 Å². The van der Waals surface area contributed by atoms with Crippen molar-refractivity contribution in [2.45, 2.75) is 89.6 Å². The van der Waals surface area contributed by atoms with Crippen LogP contribution in [-0.2, 0) is 0 Å². The molecule has 102 valence electrons. The molecule has 3 heteroatoms. The molecule has 0 spiro atoms. The minimum atomic E-state index is -0.615. The Balaban J connectivity index is 2.57. The molecule has 1 aliphatic carbocycles. The maximum Gasteiger partial charge on any atom is 0.164 e. The van der Waals surface area contributed by atoms with Gasteiger partial charge in [0.2, 0.25) is 0 Å². The zero-order chi connectivity index (χ0) is 13.5. The van der Waals surface area contributed by atoms with Crippen molar-refractivity contribution in [2.24, 2.45) is 10.2 Å². The fraction of sp³-hybridized carbons (Fsp3) is 0.933. The van der Waals surface area contributed by atoms with E-state index in [1.807, 2.05) is 6.92 Å². The third-order valence-corrected chi connectivity index (χ3v) is 3.95. The molecule has 1 rings (SSSR count). The average Bonchev–Trinajstić information content (AvgIpc) is 2.38. The fourth-order valence-corrected chi connectivity index (χ4v) is 2.49. The minimum absolute atomic E-state index is 0.0128. The molecule has 0 aliphatic heterocycles.